The number of methoxy groups -OCH3 is 1. The average molecular weight is 422 g/mol. The van der Waals surface area contributed by atoms with Crippen molar-refractivity contribution in [2.75, 3.05) is 13.7 Å². The molecular weight excluding hydrogens is 390 g/mol. The number of carbonyl (C=O) groups excluding carboxylic acids is 3. The third-order valence-corrected chi connectivity index (χ3v) is 5.99. The number of Topliss-reactive ketones (excluding diaryl/α,β-unsaturated/α-hetero) is 1. The van der Waals surface area contributed by atoms with E-state index >= 15 is 0 Å². The predicted octanol–water partition coefficient (Wildman–Crippen LogP) is 4.14. The van der Waals surface area contributed by atoms with E-state index in [1.165, 1.54) is 38.4 Å². The first-order chi connectivity index (χ1) is 15.0. The van der Waals surface area contributed by atoms with E-state index in [-0.39, 0.29) is 24.7 Å². The van der Waals surface area contributed by atoms with Crippen molar-refractivity contribution in [3.63, 3.8) is 0 Å². The SMILES string of the molecule is COC(=O)[C@@H](CC(=O)CNC(=O)c1ccc(CC2CCCC2)cc1)Cc1ccccc1. The monoisotopic (exact) mass is 421 g/mol. The highest BCUT2D eigenvalue weighted by Gasteiger charge is 2.23. The normalized spacial score (nSPS) is 14.7. The Morgan fingerprint density at radius 1 is 0.968 bits per heavy atom. The van der Waals surface area contributed by atoms with Gasteiger partial charge in [-0.25, -0.2) is 0 Å². The lowest BCUT2D eigenvalue weighted by Crippen LogP contribution is -2.32. The van der Waals surface area contributed by atoms with Crippen molar-refractivity contribution < 1.29 is 19.1 Å². The van der Waals surface area contributed by atoms with Crippen LogP contribution in [-0.4, -0.2) is 31.3 Å². The van der Waals surface area contributed by atoms with Crippen molar-refractivity contribution in [2.45, 2.75) is 44.9 Å². The second-order valence-corrected chi connectivity index (χ2v) is 8.39. The highest BCUT2D eigenvalue weighted by atomic mass is 16.5. The van der Waals surface area contributed by atoms with Crippen LogP contribution < -0.4 is 5.32 Å². The van der Waals surface area contributed by atoms with Gasteiger partial charge in [-0.3, -0.25) is 14.4 Å². The van der Waals surface area contributed by atoms with Crippen LogP contribution in [0.2, 0.25) is 0 Å². The van der Waals surface area contributed by atoms with Crippen LogP contribution in [0.1, 0.15) is 53.6 Å². The molecule has 2 aromatic carbocycles. The molecule has 5 nitrogen and oxygen atoms in total. The van der Waals surface area contributed by atoms with Gasteiger partial charge in [0.2, 0.25) is 0 Å². The summed E-state index contributed by atoms with van der Waals surface area (Å²) in [6, 6.07) is 17.2. The Morgan fingerprint density at radius 2 is 1.65 bits per heavy atom. The highest BCUT2D eigenvalue weighted by Crippen LogP contribution is 2.28. The molecule has 1 aliphatic rings. The Bertz CT molecular complexity index is 870. The van der Waals surface area contributed by atoms with Gasteiger partial charge in [0.15, 0.2) is 5.78 Å². The molecule has 31 heavy (non-hydrogen) atoms. The van der Waals surface area contributed by atoms with Gasteiger partial charge < -0.3 is 10.1 Å². The standard InChI is InChI=1S/C26H31NO4/c1-31-26(30)23(16-20-7-3-2-4-8-20)17-24(28)18-27-25(29)22-13-11-21(12-14-22)15-19-9-5-6-10-19/h2-4,7-8,11-14,19,23H,5-6,9-10,15-18H2,1H3,(H,27,29)/t23-/m1/s1. The molecule has 1 fully saturated rings. The maximum absolute atomic E-state index is 12.4. The molecule has 2 aromatic rings. The Kier molecular flexibility index (Phi) is 8.39. The number of hydrogen-bond donors (Lipinski definition) is 1. The van der Waals surface area contributed by atoms with Crippen LogP contribution in [0.25, 0.3) is 0 Å². The largest absolute Gasteiger partial charge is 0.469 e. The van der Waals surface area contributed by atoms with Crippen molar-refractivity contribution >= 4 is 17.7 Å². The lowest BCUT2D eigenvalue weighted by atomic mass is 9.94. The predicted molar refractivity (Wildman–Crippen MR) is 120 cm³/mol. The smallest absolute Gasteiger partial charge is 0.309 e. The fourth-order valence-corrected chi connectivity index (χ4v) is 4.27. The summed E-state index contributed by atoms with van der Waals surface area (Å²) in [5.41, 5.74) is 2.76. The van der Waals surface area contributed by atoms with Crippen molar-refractivity contribution in [1.82, 2.24) is 5.32 Å². The van der Waals surface area contributed by atoms with E-state index in [2.05, 4.69) is 5.32 Å². The van der Waals surface area contributed by atoms with E-state index in [1.54, 1.807) is 0 Å². The summed E-state index contributed by atoms with van der Waals surface area (Å²) in [6.45, 7) is -0.106. The van der Waals surface area contributed by atoms with Crippen LogP contribution in [0.5, 0.6) is 0 Å². The molecule has 1 amide bonds. The van der Waals surface area contributed by atoms with Crippen molar-refractivity contribution in [2.24, 2.45) is 11.8 Å². The summed E-state index contributed by atoms with van der Waals surface area (Å²) in [5, 5.41) is 2.68. The molecule has 0 unspecified atom stereocenters. The zero-order valence-electron chi connectivity index (χ0n) is 18.1. The molecule has 5 heteroatoms. The fraction of sp³-hybridized carbons (Fsp3) is 0.423. The molecule has 0 spiro atoms. The quantitative estimate of drug-likeness (QED) is 0.585. The number of benzene rings is 2. The van der Waals surface area contributed by atoms with Crippen LogP contribution in [0.15, 0.2) is 54.6 Å². The number of amides is 1. The molecule has 1 atom stereocenters. The van der Waals surface area contributed by atoms with Crippen molar-refractivity contribution in [3.8, 4) is 0 Å². The van der Waals surface area contributed by atoms with Gasteiger partial charge in [-0.05, 0) is 42.0 Å². The van der Waals surface area contributed by atoms with Crippen LogP contribution in [0.4, 0.5) is 0 Å². The summed E-state index contributed by atoms with van der Waals surface area (Å²) in [5.74, 6) is -0.694. The number of ketones is 1. The minimum Gasteiger partial charge on any atom is -0.469 e. The summed E-state index contributed by atoms with van der Waals surface area (Å²) < 4.78 is 4.86. The van der Waals surface area contributed by atoms with Gasteiger partial charge >= 0.3 is 5.97 Å². The zero-order chi connectivity index (χ0) is 22.1. The zero-order valence-corrected chi connectivity index (χ0v) is 18.1. The maximum atomic E-state index is 12.4. The molecule has 164 valence electrons. The van der Waals surface area contributed by atoms with Gasteiger partial charge in [-0.15, -0.1) is 0 Å². The highest BCUT2D eigenvalue weighted by molar-refractivity contribution is 5.97. The average Bonchev–Trinajstić information content (AvgIpc) is 3.30. The minimum absolute atomic E-state index is 0.0299. The van der Waals surface area contributed by atoms with Gasteiger partial charge in [-0.2, -0.15) is 0 Å². The van der Waals surface area contributed by atoms with Gasteiger partial charge in [0.05, 0.1) is 19.6 Å². The molecule has 1 saturated carbocycles. The summed E-state index contributed by atoms with van der Waals surface area (Å²) >= 11 is 0. The number of esters is 1. The molecule has 3 rings (SSSR count). The summed E-state index contributed by atoms with van der Waals surface area (Å²) in [6.07, 6.45) is 6.75. The van der Waals surface area contributed by atoms with Gasteiger partial charge in [-0.1, -0.05) is 68.1 Å². The Hall–Kier alpha value is -2.95. The Labute approximate surface area is 184 Å². The van der Waals surface area contributed by atoms with Crippen LogP contribution in [-0.2, 0) is 27.2 Å². The van der Waals surface area contributed by atoms with Gasteiger partial charge in [0.1, 0.15) is 0 Å². The maximum Gasteiger partial charge on any atom is 0.309 e. The third-order valence-electron chi connectivity index (χ3n) is 5.99. The molecule has 0 bridgehead atoms. The van der Waals surface area contributed by atoms with E-state index in [0.717, 1.165) is 17.9 Å². The Morgan fingerprint density at radius 3 is 2.29 bits per heavy atom. The molecule has 0 aliphatic heterocycles. The number of ether oxygens (including phenoxy) is 1. The first-order valence-corrected chi connectivity index (χ1v) is 11.1. The fourth-order valence-electron chi connectivity index (χ4n) is 4.27. The molecule has 0 aromatic heterocycles. The number of rotatable bonds is 10. The lowest BCUT2D eigenvalue weighted by molar-refractivity contribution is -0.147. The van der Waals surface area contributed by atoms with E-state index in [1.807, 2.05) is 54.6 Å². The van der Waals surface area contributed by atoms with Crippen LogP contribution in [0.3, 0.4) is 0 Å². The molecule has 0 heterocycles. The topological polar surface area (TPSA) is 72.5 Å². The van der Waals surface area contributed by atoms with Gasteiger partial charge in [0, 0.05) is 12.0 Å². The van der Waals surface area contributed by atoms with Gasteiger partial charge in [0.25, 0.3) is 5.91 Å². The van der Waals surface area contributed by atoms with E-state index in [4.69, 9.17) is 4.74 Å². The number of nitrogens with one attached hydrogen (secondary N) is 1. The molecule has 0 saturated heterocycles. The van der Waals surface area contributed by atoms with E-state index in [9.17, 15) is 14.4 Å². The lowest BCUT2D eigenvalue weighted by Gasteiger charge is -2.14. The van der Waals surface area contributed by atoms with Crippen LogP contribution >= 0.6 is 0 Å². The number of hydrogen-bond acceptors (Lipinski definition) is 4. The summed E-state index contributed by atoms with van der Waals surface area (Å²) in [7, 11) is 1.32. The second kappa shape index (κ2) is 11.4. The number of carbonyl (C=O) groups is 3. The van der Waals surface area contributed by atoms with E-state index < -0.39 is 11.9 Å². The first kappa shape index (κ1) is 22.7. The van der Waals surface area contributed by atoms with Crippen molar-refractivity contribution in [3.05, 3.63) is 71.3 Å². The summed E-state index contributed by atoms with van der Waals surface area (Å²) in [4.78, 5) is 36.9. The molecule has 0 radical (unpaired) electrons. The first-order valence-electron chi connectivity index (χ1n) is 11.1. The second-order valence-electron chi connectivity index (χ2n) is 8.39. The molecular formula is C26H31NO4. The molecule has 1 aliphatic carbocycles. The minimum atomic E-state index is -0.563. The molecule has 1 N–H and O–H groups in total. The van der Waals surface area contributed by atoms with Crippen molar-refractivity contribution in [1.29, 1.82) is 0 Å². The Balaban J connectivity index is 1.48. The van der Waals surface area contributed by atoms with Crippen LogP contribution in [0, 0.1) is 11.8 Å². The van der Waals surface area contributed by atoms with E-state index in [0.29, 0.717) is 12.0 Å². The third kappa shape index (κ3) is 7.06.